The van der Waals surface area contributed by atoms with Crippen LogP contribution in [0.2, 0.25) is 0 Å². The largest absolute Gasteiger partial charge is 0.478 e. The van der Waals surface area contributed by atoms with Gasteiger partial charge in [-0.1, -0.05) is 41.6 Å². The van der Waals surface area contributed by atoms with Crippen LogP contribution in [0, 0.1) is 11.3 Å². The number of nitrogens with zero attached hydrogens (tertiary/aromatic N) is 3. The third kappa shape index (κ3) is 3.76. The van der Waals surface area contributed by atoms with Gasteiger partial charge in [-0.3, -0.25) is 4.79 Å². The van der Waals surface area contributed by atoms with Crippen molar-refractivity contribution in [3.63, 3.8) is 0 Å². The lowest BCUT2D eigenvalue weighted by molar-refractivity contribution is 0.0698. The zero-order chi connectivity index (χ0) is 23.7. The van der Waals surface area contributed by atoms with Crippen LogP contribution < -0.4 is 10.2 Å². The molecule has 2 heterocycles. The fourth-order valence-corrected chi connectivity index (χ4v) is 4.10. The molecule has 166 valence electrons. The Morgan fingerprint density at radius 3 is 2.65 bits per heavy atom. The summed E-state index contributed by atoms with van der Waals surface area (Å²) < 4.78 is 1.91. The summed E-state index contributed by atoms with van der Waals surface area (Å²) in [6, 6.07) is 22.9. The van der Waals surface area contributed by atoms with E-state index in [0.29, 0.717) is 24.4 Å². The molecule has 0 spiro atoms. The fourth-order valence-electron chi connectivity index (χ4n) is 4.10. The number of carboxylic acids is 1. The Morgan fingerprint density at radius 2 is 1.88 bits per heavy atom. The number of para-hydroxylation sites is 2. The van der Waals surface area contributed by atoms with E-state index in [9.17, 15) is 14.7 Å². The quantitative estimate of drug-likeness (QED) is 0.429. The summed E-state index contributed by atoms with van der Waals surface area (Å²) in [5, 5.41) is 26.5. The first kappa shape index (κ1) is 21.0. The number of carboxylic acid groups (broad SMARTS) is 1. The standard InChI is InChI=1S/C26H18N4O4/c27-15-16-9-10-21(20(13-16)26(32)33)28-25(31)23-14-17-5-4-8-19-22(11-12-30(23)24(17)19)29-34-18-6-2-1-3-7-18/h1-10,13-14H,11-12H2,(H,28,31)(H,32,33)/b29-22+. The second-order valence-corrected chi connectivity index (χ2v) is 7.75. The van der Waals surface area contributed by atoms with E-state index in [-0.39, 0.29) is 16.8 Å². The lowest BCUT2D eigenvalue weighted by atomic mass is 10.0. The highest BCUT2D eigenvalue weighted by atomic mass is 16.6. The van der Waals surface area contributed by atoms with Gasteiger partial charge in [-0.2, -0.15) is 5.26 Å². The minimum atomic E-state index is -1.23. The van der Waals surface area contributed by atoms with Crippen molar-refractivity contribution in [2.75, 3.05) is 5.32 Å². The molecular weight excluding hydrogens is 432 g/mol. The number of hydrogen-bond donors (Lipinski definition) is 2. The van der Waals surface area contributed by atoms with Gasteiger partial charge in [0, 0.05) is 23.9 Å². The van der Waals surface area contributed by atoms with Gasteiger partial charge in [0.25, 0.3) is 5.91 Å². The van der Waals surface area contributed by atoms with Crippen molar-refractivity contribution in [2.45, 2.75) is 13.0 Å². The topological polar surface area (TPSA) is 117 Å². The van der Waals surface area contributed by atoms with Crippen LogP contribution in [0.5, 0.6) is 5.75 Å². The van der Waals surface area contributed by atoms with Gasteiger partial charge in [-0.15, -0.1) is 0 Å². The number of carbonyl (C=O) groups excluding carboxylic acids is 1. The molecule has 0 bridgehead atoms. The van der Waals surface area contributed by atoms with Crippen LogP contribution >= 0.6 is 0 Å². The van der Waals surface area contributed by atoms with E-state index >= 15 is 0 Å². The van der Waals surface area contributed by atoms with Crippen molar-refractivity contribution in [1.29, 1.82) is 5.26 Å². The molecule has 2 N–H and O–H groups in total. The Morgan fingerprint density at radius 1 is 1.06 bits per heavy atom. The van der Waals surface area contributed by atoms with E-state index < -0.39 is 11.9 Å². The van der Waals surface area contributed by atoms with Crippen molar-refractivity contribution in [1.82, 2.24) is 4.57 Å². The van der Waals surface area contributed by atoms with Crippen LogP contribution in [0.4, 0.5) is 5.69 Å². The summed E-state index contributed by atoms with van der Waals surface area (Å²) in [7, 11) is 0. The Hall–Kier alpha value is -4.90. The number of hydrogen-bond acceptors (Lipinski definition) is 5. The average molecular weight is 450 g/mol. The van der Waals surface area contributed by atoms with Gasteiger partial charge in [-0.05, 0) is 36.4 Å². The number of aryl methyl sites for hydroxylation is 1. The lowest BCUT2D eigenvalue weighted by Gasteiger charge is -2.19. The van der Waals surface area contributed by atoms with Crippen LogP contribution in [0.1, 0.15) is 38.4 Å². The van der Waals surface area contributed by atoms with E-state index in [1.54, 1.807) is 6.07 Å². The van der Waals surface area contributed by atoms with Crippen molar-refractivity contribution in [2.24, 2.45) is 5.16 Å². The van der Waals surface area contributed by atoms with Gasteiger partial charge in [0.2, 0.25) is 0 Å². The number of nitrogens with one attached hydrogen (secondary N) is 1. The molecule has 34 heavy (non-hydrogen) atoms. The highest BCUT2D eigenvalue weighted by Crippen LogP contribution is 2.30. The predicted molar refractivity (Wildman–Crippen MR) is 126 cm³/mol. The van der Waals surface area contributed by atoms with Crippen molar-refractivity contribution < 1.29 is 19.5 Å². The van der Waals surface area contributed by atoms with Crippen LogP contribution in [0.25, 0.3) is 10.9 Å². The maximum absolute atomic E-state index is 13.2. The van der Waals surface area contributed by atoms with E-state index in [1.165, 1.54) is 18.2 Å². The monoisotopic (exact) mass is 450 g/mol. The molecule has 0 saturated heterocycles. The normalized spacial score (nSPS) is 13.4. The number of carbonyl (C=O) groups is 2. The molecule has 0 fully saturated rings. The number of anilines is 1. The molecule has 4 aromatic rings. The van der Waals surface area contributed by atoms with E-state index in [4.69, 9.17) is 10.1 Å². The SMILES string of the molecule is N#Cc1ccc(NC(=O)c2cc3cccc4c3n2CC/C4=N\Oc2ccccc2)c(C(=O)O)c1. The number of oxime groups is 1. The molecule has 1 amide bonds. The van der Waals surface area contributed by atoms with Crippen molar-refractivity contribution >= 4 is 34.2 Å². The molecule has 5 rings (SSSR count). The minimum absolute atomic E-state index is 0.129. The van der Waals surface area contributed by atoms with Crippen molar-refractivity contribution in [3.05, 3.63) is 95.2 Å². The van der Waals surface area contributed by atoms with E-state index in [0.717, 1.165) is 22.2 Å². The second kappa shape index (κ2) is 8.56. The number of benzene rings is 3. The minimum Gasteiger partial charge on any atom is -0.478 e. The Balaban J connectivity index is 1.49. The highest BCUT2D eigenvalue weighted by Gasteiger charge is 2.25. The van der Waals surface area contributed by atoms with Gasteiger partial charge in [0.1, 0.15) is 5.69 Å². The summed E-state index contributed by atoms with van der Waals surface area (Å²) in [4.78, 5) is 30.4. The predicted octanol–water partition coefficient (Wildman–Crippen LogP) is 4.65. The Kier molecular flexibility index (Phi) is 5.28. The second-order valence-electron chi connectivity index (χ2n) is 7.75. The molecule has 0 radical (unpaired) electrons. The summed E-state index contributed by atoms with van der Waals surface area (Å²) in [6.45, 7) is 0.513. The molecule has 3 aromatic carbocycles. The molecule has 0 atom stereocenters. The van der Waals surface area contributed by atoms with Gasteiger partial charge >= 0.3 is 5.97 Å². The third-order valence-corrected chi connectivity index (χ3v) is 5.67. The zero-order valence-corrected chi connectivity index (χ0v) is 17.9. The third-order valence-electron chi connectivity index (χ3n) is 5.67. The molecule has 8 nitrogen and oxygen atoms in total. The van der Waals surface area contributed by atoms with Crippen LogP contribution in [-0.2, 0) is 6.54 Å². The summed E-state index contributed by atoms with van der Waals surface area (Å²) in [5.74, 6) is -1.02. The number of nitriles is 1. The molecular formula is C26H18N4O4. The van der Waals surface area contributed by atoms with Crippen LogP contribution in [0.15, 0.2) is 78.0 Å². The number of rotatable bonds is 5. The fraction of sp³-hybridized carbons (Fsp3) is 0.0769. The van der Waals surface area contributed by atoms with Gasteiger partial charge in [0.15, 0.2) is 5.75 Å². The zero-order valence-electron chi connectivity index (χ0n) is 17.9. The van der Waals surface area contributed by atoms with E-state index in [2.05, 4.69) is 10.5 Å². The van der Waals surface area contributed by atoms with Crippen LogP contribution in [0.3, 0.4) is 0 Å². The van der Waals surface area contributed by atoms with Crippen LogP contribution in [-0.4, -0.2) is 27.3 Å². The lowest BCUT2D eigenvalue weighted by Crippen LogP contribution is -2.22. The number of aromatic carboxylic acids is 1. The first-order chi connectivity index (χ1) is 16.5. The van der Waals surface area contributed by atoms with Gasteiger partial charge < -0.3 is 19.8 Å². The Bertz CT molecular complexity index is 1510. The highest BCUT2D eigenvalue weighted by molar-refractivity contribution is 6.15. The van der Waals surface area contributed by atoms with Crippen molar-refractivity contribution in [3.8, 4) is 11.8 Å². The first-order valence-electron chi connectivity index (χ1n) is 10.6. The Labute approximate surface area is 194 Å². The van der Waals surface area contributed by atoms with Gasteiger partial charge in [-0.25, -0.2) is 4.79 Å². The maximum atomic E-state index is 13.2. The summed E-state index contributed by atoms with van der Waals surface area (Å²) in [6.07, 6.45) is 0.561. The number of amides is 1. The molecule has 0 unspecified atom stereocenters. The molecule has 1 aliphatic rings. The summed E-state index contributed by atoms with van der Waals surface area (Å²) in [5.41, 5.74) is 3.13. The maximum Gasteiger partial charge on any atom is 0.337 e. The molecule has 0 aliphatic carbocycles. The molecule has 0 saturated carbocycles. The average Bonchev–Trinajstić information content (AvgIpc) is 3.24. The summed E-state index contributed by atoms with van der Waals surface area (Å²) >= 11 is 0. The van der Waals surface area contributed by atoms with E-state index in [1.807, 2.05) is 59.2 Å². The first-order valence-corrected chi connectivity index (χ1v) is 10.6. The number of aromatic nitrogens is 1. The van der Waals surface area contributed by atoms with Gasteiger partial charge in [0.05, 0.1) is 34.1 Å². The molecule has 8 heteroatoms. The molecule has 1 aliphatic heterocycles. The smallest absolute Gasteiger partial charge is 0.337 e. The molecule has 1 aromatic heterocycles.